The molecule has 0 aromatic rings. The predicted octanol–water partition coefficient (Wildman–Crippen LogP) is 2.68. The molecule has 19 heavy (non-hydrogen) atoms. The maximum absolute atomic E-state index is 12.5. The lowest BCUT2D eigenvalue weighted by Crippen LogP contribution is -2.43. The molecule has 2 saturated heterocycles. The second-order valence-corrected chi connectivity index (χ2v) is 6.81. The molecular formula is C16H27NO2. The summed E-state index contributed by atoms with van der Waals surface area (Å²) in [5, 5.41) is 3.36. The van der Waals surface area contributed by atoms with Crippen molar-refractivity contribution in [3.05, 3.63) is 0 Å². The molecule has 3 fully saturated rings. The van der Waals surface area contributed by atoms with E-state index in [9.17, 15) is 4.79 Å². The molecular weight excluding hydrogens is 238 g/mol. The molecule has 1 aliphatic carbocycles. The quantitative estimate of drug-likeness (QED) is 0.852. The molecule has 1 saturated carbocycles. The Bertz CT molecular complexity index is 311. The highest BCUT2D eigenvalue weighted by Crippen LogP contribution is 2.41. The van der Waals surface area contributed by atoms with Crippen molar-refractivity contribution in [2.75, 3.05) is 19.7 Å². The van der Waals surface area contributed by atoms with Gasteiger partial charge in [0.15, 0.2) is 0 Å². The van der Waals surface area contributed by atoms with Crippen molar-refractivity contribution >= 4 is 5.78 Å². The van der Waals surface area contributed by atoms with Gasteiger partial charge in [0.2, 0.25) is 0 Å². The summed E-state index contributed by atoms with van der Waals surface area (Å²) in [4.78, 5) is 12.5. The average Bonchev–Trinajstić information content (AvgIpc) is 2.92. The Morgan fingerprint density at radius 1 is 1.21 bits per heavy atom. The van der Waals surface area contributed by atoms with Gasteiger partial charge >= 0.3 is 0 Å². The molecule has 0 bridgehead atoms. The van der Waals surface area contributed by atoms with Gasteiger partial charge in [0.1, 0.15) is 5.78 Å². The molecule has 2 heterocycles. The Kier molecular flexibility index (Phi) is 4.23. The zero-order chi connectivity index (χ0) is 13.1. The van der Waals surface area contributed by atoms with E-state index < -0.39 is 0 Å². The SMILES string of the molecule is O=C(CC1CCNC1)C1CCOC2(CCCCC2)C1. The number of Topliss-reactive ketones (excluding diaryl/α,β-unsaturated/α-hetero) is 1. The van der Waals surface area contributed by atoms with E-state index in [1.54, 1.807) is 0 Å². The molecule has 2 atom stereocenters. The second-order valence-electron chi connectivity index (χ2n) is 6.81. The monoisotopic (exact) mass is 265 g/mol. The van der Waals surface area contributed by atoms with Crippen molar-refractivity contribution in [3.63, 3.8) is 0 Å². The summed E-state index contributed by atoms with van der Waals surface area (Å²) in [6.45, 7) is 2.94. The van der Waals surface area contributed by atoms with Crippen LogP contribution in [0.4, 0.5) is 0 Å². The second kappa shape index (κ2) is 5.92. The minimum atomic E-state index is 0.0742. The van der Waals surface area contributed by atoms with Crippen molar-refractivity contribution in [1.29, 1.82) is 0 Å². The van der Waals surface area contributed by atoms with Gasteiger partial charge in [-0.2, -0.15) is 0 Å². The van der Waals surface area contributed by atoms with Crippen LogP contribution < -0.4 is 5.32 Å². The maximum Gasteiger partial charge on any atom is 0.136 e. The normalized spacial score (nSPS) is 34.5. The highest BCUT2D eigenvalue weighted by molar-refractivity contribution is 5.81. The van der Waals surface area contributed by atoms with Crippen molar-refractivity contribution in [2.45, 2.75) is 63.4 Å². The topological polar surface area (TPSA) is 38.3 Å². The molecule has 1 N–H and O–H groups in total. The number of ether oxygens (including phenoxy) is 1. The van der Waals surface area contributed by atoms with Crippen molar-refractivity contribution in [1.82, 2.24) is 5.32 Å². The Morgan fingerprint density at radius 2 is 2.05 bits per heavy atom. The van der Waals surface area contributed by atoms with Crippen molar-refractivity contribution in [3.8, 4) is 0 Å². The molecule has 0 amide bonds. The lowest BCUT2D eigenvalue weighted by Gasteiger charge is -2.43. The van der Waals surface area contributed by atoms with Crippen LogP contribution in [0.3, 0.4) is 0 Å². The van der Waals surface area contributed by atoms with Crippen molar-refractivity contribution < 1.29 is 9.53 Å². The van der Waals surface area contributed by atoms with Crippen LogP contribution >= 0.6 is 0 Å². The maximum atomic E-state index is 12.5. The molecule has 3 heteroatoms. The minimum Gasteiger partial charge on any atom is -0.375 e. The number of hydrogen-bond donors (Lipinski definition) is 1. The van der Waals surface area contributed by atoms with Gasteiger partial charge < -0.3 is 10.1 Å². The van der Waals surface area contributed by atoms with Gasteiger partial charge in [-0.15, -0.1) is 0 Å². The van der Waals surface area contributed by atoms with Crippen LogP contribution in [0, 0.1) is 11.8 Å². The minimum absolute atomic E-state index is 0.0742. The summed E-state index contributed by atoms with van der Waals surface area (Å²) in [5.74, 6) is 1.40. The Hall–Kier alpha value is -0.410. The van der Waals surface area contributed by atoms with E-state index in [0.29, 0.717) is 11.7 Å². The van der Waals surface area contributed by atoms with Gasteiger partial charge in [-0.3, -0.25) is 4.79 Å². The molecule has 3 nitrogen and oxygen atoms in total. The highest BCUT2D eigenvalue weighted by atomic mass is 16.5. The molecule has 2 unspecified atom stereocenters. The third-order valence-corrected chi connectivity index (χ3v) is 5.37. The molecule has 1 spiro atoms. The van der Waals surface area contributed by atoms with Crippen LogP contribution in [0.5, 0.6) is 0 Å². The fraction of sp³-hybridized carbons (Fsp3) is 0.938. The van der Waals surface area contributed by atoms with E-state index in [-0.39, 0.29) is 11.5 Å². The van der Waals surface area contributed by atoms with Gasteiger partial charge in [0.25, 0.3) is 0 Å². The first-order valence-corrected chi connectivity index (χ1v) is 8.15. The lowest BCUT2D eigenvalue weighted by atomic mass is 9.74. The Balaban J connectivity index is 1.56. The molecule has 0 aromatic heterocycles. The van der Waals surface area contributed by atoms with E-state index in [2.05, 4.69) is 5.32 Å². The predicted molar refractivity (Wildman–Crippen MR) is 75.1 cm³/mol. The van der Waals surface area contributed by atoms with Gasteiger partial charge in [-0.1, -0.05) is 19.3 Å². The van der Waals surface area contributed by atoms with E-state index >= 15 is 0 Å². The van der Waals surface area contributed by atoms with E-state index in [1.165, 1.54) is 38.5 Å². The van der Waals surface area contributed by atoms with Crippen LogP contribution in [0.1, 0.15) is 57.8 Å². The third kappa shape index (κ3) is 3.19. The molecule has 3 aliphatic rings. The van der Waals surface area contributed by atoms with E-state index in [4.69, 9.17) is 4.74 Å². The standard InChI is InChI=1S/C16H27NO2/c18-15(10-13-4-8-17-12-13)14-5-9-19-16(11-14)6-2-1-3-7-16/h13-14,17H,1-12H2. The largest absolute Gasteiger partial charge is 0.375 e. The summed E-state index contributed by atoms with van der Waals surface area (Å²) < 4.78 is 6.09. The molecule has 3 rings (SSSR count). The van der Waals surface area contributed by atoms with Gasteiger partial charge in [-0.05, 0) is 51.1 Å². The van der Waals surface area contributed by atoms with Crippen LogP contribution in [0.2, 0.25) is 0 Å². The highest BCUT2D eigenvalue weighted by Gasteiger charge is 2.40. The third-order valence-electron chi connectivity index (χ3n) is 5.37. The fourth-order valence-electron chi connectivity index (χ4n) is 4.19. The van der Waals surface area contributed by atoms with Crippen LogP contribution in [0.25, 0.3) is 0 Å². The van der Waals surface area contributed by atoms with Gasteiger partial charge in [0, 0.05) is 18.9 Å². The van der Waals surface area contributed by atoms with E-state index in [0.717, 1.165) is 39.0 Å². The fourth-order valence-corrected chi connectivity index (χ4v) is 4.19. The lowest BCUT2D eigenvalue weighted by molar-refractivity contribution is -0.143. The van der Waals surface area contributed by atoms with E-state index in [1.807, 2.05) is 0 Å². The van der Waals surface area contributed by atoms with Crippen molar-refractivity contribution in [2.24, 2.45) is 11.8 Å². The zero-order valence-electron chi connectivity index (χ0n) is 12.0. The molecule has 108 valence electrons. The molecule has 0 aromatic carbocycles. The summed E-state index contributed by atoms with van der Waals surface area (Å²) in [6, 6.07) is 0. The van der Waals surface area contributed by atoms with Crippen LogP contribution in [-0.2, 0) is 9.53 Å². The summed E-state index contributed by atoms with van der Waals surface area (Å²) in [6.07, 6.45) is 10.2. The number of carbonyl (C=O) groups excluding carboxylic acids is 1. The summed E-state index contributed by atoms with van der Waals surface area (Å²) in [7, 11) is 0. The number of nitrogens with one attached hydrogen (secondary N) is 1. The average molecular weight is 265 g/mol. The molecule has 2 aliphatic heterocycles. The molecule has 0 radical (unpaired) electrons. The Labute approximate surface area is 116 Å². The first-order valence-electron chi connectivity index (χ1n) is 8.15. The number of rotatable bonds is 3. The summed E-state index contributed by atoms with van der Waals surface area (Å²) in [5.41, 5.74) is 0.0742. The number of ketones is 1. The zero-order valence-corrected chi connectivity index (χ0v) is 12.0. The van der Waals surface area contributed by atoms with Crippen LogP contribution in [-0.4, -0.2) is 31.1 Å². The first kappa shape index (κ1) is 13.6. The number of carbonyl (C=O) groups is 1. The summed E-state index contributed by atoms with van der Waals surface area (Å²) >= 11 is 0. The van der Waals surface area contributed by atoms with Gasteiger partial charge in [0.05, 0.1) is 5.60 Å². The van der Waals surface area contributed by atoms with Crippen LogP contribution in [0.15, 0.2) is 0 Å². The number of hydrogen-bond acceptors (Lipinski definition) is 3. The Morgan fingerprint density at radius 3 is 2.79 bits per heavy atom. The van der Waals surface area contributed by atoms with Gasteiger partial charge in [-0.25, -0.2) is 0 Å². The smallest absolute Gasteiger partial charge is 0.136 e. The first-order chi connectivity index (χ1) is 9.27.